The Hall–Kier alpha value is 0.340. The van der Waals surface area contributed by atoms with Crippen molar-refractivity contribution in [1.29, 1.82) is 0 Å². The Labute approximate surface area is 95.8 Å². The van der Waals surface area contributed by atoms with Crippen molar-refractivity contribution in [3.63, 3.8) is 0 Å². The number of alkyl halides is 1. The third kappa shape index (κ3) is 2.41. The molecule has 0 spiro atoms. The lowest BCUT2D eigenvalue weighted by atomic mass is 10.3. The average Bonchev–Trinajstić information content (AvgIpc) is 1.96. The molecular formula is C7H4F2I2O. The second kappa shape index (κ2) is 4.54. The van der Waals surface area contributed by atoms with Crippen LogP contribution in [0.15, 0.2) is 12.1 Å². The first kappa shape index (κ1) is 10.4. The summed E-state index contributed by atoms with van der Waals surface area (Å²) in [7, 11) is 0. The second-order valence-corrected chi connectivity index (χ2v) is 4.36. The Balaban J connectivity index is 3.10. The van der Waals surface area contributed by atoms with E-state index in [9.17, 15) is 8.78 Å². The molecule has 0 atom stereocenters. The molecule has 1 rings (SSSR count). The quantitative estimate of drug-likeness (QED) is 0.698. The van der Waals surface area contributed by atoms with Gasteiger partial charge in [-0.2, -0.15) is 0 Å². The summed E-state index contributed by atoms with van der Waals surface area (Å²) >= 11 is 3.88. The Morgan fingerprint density at radius 3 is 2.50 bits per heavy atom. The van der Waals surface area contributed by atoms with Crippen molar-refractivity contribution < 1.29 is 13.5 Å². The van der Waals surface area contributed by atoms with Crippen LogP contribution in [0.2, 0.25) is 0 Å². The normalized spacial score (nSPS) is 10.0. The van der Waals surface area contributed by atoms with E-state index in [1.54, 1.807) is 6.07 Å². The molecule has 0 aliphatic rings. The average molecular weight is 396 g/mol. The summed E-state index contributed by atoms with van der Waals surface area (Å²) in [6.45, 7) is -1.01. The van der Waals surface area contributed by atoms with E-state index in [1.165, 1.54) is 6.07 Å². The number of hydrogen-bond donors (Lipinski definition) is 0. The molecule has 66 valence electrons. The van der Waals surface area contributed by atoms with E-state index < -0.39 is 12.7 Å². The largest absolute Gasteiger partial charge is 0.459 e. The first-order valence-electron chi connectivity index (χ1n) is 2.98. The van der Waals surface area contributed by atoms with E-state index in [0.717, 1.165) is 3.57 Å². The van der Waals surface area contributed by atoms with Crippen LogP contribution < -0.4 is 4.74 Å². The van der Waals surface area contributed by atoms with E-state index in [-0.39, 0.29) is 5.75 Å². The second-order valence-electron chi connectivity index (χ2n) is 1.95. The molecule has 0 aromatic heterocycles. The molecular weight excluding hydrogens is 392 g/mol. The molecule has 1 aromatic rings. The molecule has 0 bridgehead atoms. The van der Waals surface area contributed by atoms with Crippen molar-refractivity contribution in [3.8, 4) is 5.75 Å². The standard InChI is InChI=1S/C7H4F2I2O/c8-3-12-7-5(9)1-4(10)2-6(7)11/h1-2H,3H2. The fourth-order valence-corrected chi connectivity index (χ4v) is 2.65. The summed E-state index contributed by atoms with van der Waals surface area (Å²) in [5, 5.41) is 0. The van der Waals surface area contributed by atoms with Crippen LogP contribution in [0.25, 0.3) is 0 Å². The topological polar surface area (TPSA) is 9.23 Å². The number of rotatable bonds is 2. The van der Waals surface area contributed by atoms with Crippen molar-refractivity contribution in [1.82, 2.24) is 0 Å². The number of benzene rings is 1. The lowest BCUT2D eigenvalue weighted by molar-refractivity contribution is 0.183. The van der Waals surface area contributed by atoms with Gasteiger partial charge in [-0.1, -0.05) is 0 Å². The van der Waals surface area contributed by atoms with Gasteiger partial charge in [0.2, 0.25) is 6.86 Å². The van der Waals surface area contributed by atoms with Gasteiger partial charge in [0.05, 0.1) is 3.57 Å². The number of halogens is 4. The van der Waals surface area contributed by atoms with Gasteiger partial charge < -0.3 is 4.74 Å². The molecule has 12 heavy (non-hydrogen) atoms. The van der Waals surface area contributed by atoms with Crippen molar-refractivity contribution in [2.75, 3.05) is 6.86 Å². The molecule has 0 radical (unpaired) electrons. The summed E-state index contributed by atoms with van der Waals surface area (Å²) in [4.78, 5) is 0. The zero-order chi connectivity index (χ0) is 9.14. The Morgan fingerprint density at radius 1 is 1.33 bits per heavy atom. The van der Waals surface area contributed by atoms with E-state index in [0.29, 0.717) is 3.57 Å². The molecule has 0 N–H and O–H groups in total. The van der Waals surface area contributed by atoms with E-state index >= 15 is 0 Å². The lowest BCUT2D eigenvalue weighted by Gasteiger charge is -2.05. The Morgan fingerprint density at radius 2 is 2.00 bits per heavy atom. The highest BCUT2D eigenvalue weighted by molar-refractivity contribution is 14.1. The van der Waals surface area contributed by atoms with Gasteiger partial charge in [-0.05, 0) is 57.3 Å². The maximum absolute atomic E-state index is 13.0. The zero-order valence-electron chi connectivity index (χ0n) is 5.78. The maximum atomic E-state index is 13.0. The maximum Gasteiger partial charge on any atom is 0.228 e. The van der Waals surface area contributed by atoms with Crippen LogP contribution in [0.3, 0.4) is 0 Å². The number of ether oxygens (including phenoxy) is 1. The highest BCUT2D eigenvalue weighted by Crippen LogP contribution is 2.26. The molecule has 0 aliphatic carbocycles. The van der Waals surface area contributed by atoms with Gasteiger partial charge in [-0.3, -0.25) is 0 Å². The summed E-state index contributed by atoms with van der Waals surface area (Å²) in [5.74, 6) is -0.539. The minimum Gasteiger partial charge on any atom is -0.459 e. The van der Waals surface area contributed by atoms with Crippen LogP contribution in [0.1, 0.15) is 0 Å². The molecule has 0 saturated heterocycles. The van der Waals surface area contributed by atoms with Gasteiger partial charge >= 0.3 is 0 Å². The van der Waals surface area contributed by atoms with Gasteiger partial charge in [-0.15, -0.1) is 0 Å². The predicted octanol–water partition coefficient (Wildman–Crippen LogP) is 3.34. The van der Waals surface area contributed by atoms with Crippen molar-refractivity contribution in [2.24, 2.45) is 0 Å². The zero-order valence-corrected chi connectivity index (χ0v) is 10.1. The van der Waals surface area contributed by atoms with Crippen molar-refractivity contribution in [2.45, 2.75) is 0 Å². The SMILES string of the molecule is FCOc1c(F)cc(I)cc1I. The van der Waals surface area contributed by atoms with Gasteiger partial charge in [-0.25, -0.2) is 8.78 Å². The molecule has 0 saturated carbocycles. The van der Waals surface area contributed by atoms with Crippen LogP contribution in [0, 0.1) is 13.0 Å². The van der Waals surface area contributed by atoms with Crippen molar-refractivity contribution in [3.05, 3.63) is 25.1 Å². The van der Waals surface area contributed by atoms with E-state index in [4.69, 9.17) is 0 Å². The Kier molecular flexibility index (Phi) is 3.94. The van der Waals surface area contributed by atoms with Crippen LogP contribution in [-0.4, -0.2) is 6.86 Å². The Bertz CT molecular complexity index is 268. The van der Waals surface area contributed by atoms with Crippen LogP contribution in [0.4, 0.5) is 8.78 Å². The number of hydrogen-bond acceptors (Lipinski definition) is 1. The minimum absolute atomic E-state index is 0.0153. The van der Waals surface area contributed by atoms with Gasteiger partial charge in [0.1, 0.15) is 0 Å². The monoisotopic (exact) mass is 396 g/mol. The van der Waals surface area contributed by atoms with Gasteiger partial charge in [0.15, 0.2) is 11.6 Å². The van der Waals surface area contributed by atoms with Crippen LogP contribution >= 0.6 is 45.2 Å². The predicted molar refractivity (Wildman–Crippen MR) is 58.4 cm³/mol. The first-order chi connectivity index (χ1) is 5.65. The van der Waals surface area contributed by atoms with E-state index in [1.807, 2.05) is 45.2 Å². The molecule has 0 unspecified atom stereocenters. The van der Waals surface area contributed by atoms with Gasteiger partial charge in [0, 0.05) is 3.57 Å². The summed E-state index contributed by atoms with van der Waals surface area (Å²) in [6, 6.07) is 3.02. The molecule has 0 fully saturated rings. The first-order valence-corrected chi connectivity index (χ1v) is 5.14. The van der Waals surface area contributed by atoms with Gasteiger partial charge in [0.25, 0.3) is 0 Å². The fourth-order valence-electron chi connectivity index (χ4n) is 0.721. The molecule has 5 heteroatoms. The third-order valence-electron chi connectivity index (χ3n) is 1.16. The smallest absolute Gasteiger partial charge is 0.228 e. The molecule has 0 aliphatic heterocycles. The van der Waals surface area contributed by atoms with Crippen molar-refractivity contribution >= 4 is 45.2 Å². The summed E-state index contributed by atoms with van der Waals surface area (Å²) < 4.78 is 30.6. The van der Waals surface area contributed by atoms with Crippen LogP contribution in [-0.2, 0) is 0 Å². The minimum atomic E-state index is -1.01. The molecule has 0 heterocycles. The highest BCUT2D eigenvalue weighted by Gasteiger charge is 2.09. The van der Waals surface area contributed by atoms with Crippen LogP contribution in [0.5, 0.6) is 5.75 Å². The third-order valence-corrected chi connectivity index (χ3v) is 2.59. The fraction of sp³-hybridized carbons (Fsp3) is 0.143. The molecule has 1 nitrogen and oxygen atoms in total. The molecule has 0 amide bonds. The van der Waals surface area contributed by atoms with E-state index in [2.05, 4.69) is 4.74 Å². The summed E-state index contributed by atoms with van der Waals surface area (Å²) in [5.41, 5.74) is 0. The molecule has 1 aromatic carbocycles. The summed E-state index contributed by atoms with van der Waals surface area (Å²) in [6.07, 6.45) is 0. The lowest BCUT2D eigenvalue weighted by Crippen LogP contribution is -1.96. The highest BCUT2D eigenvalue weighted by atomic mass is 127.